The molecule has 3 N–H and O–H groups in total. The van der Waals surface area contributed by atoms with Gasteiger partial charge in [-0.15, -0.1) is 0 Å². The third kappa shape index (κ3) is 3.67. The normalized spacial score (nSPS) is 22.7. The van der Waals surface area contributed by atoms with Crippen LogP contribution in [-0.2, 0) is 17.2 Å². The van der Waals surface area contributed by atoms with E-state index in [0.717, 1.165) is 19.5 Å². The van der Waals surface area contributed by atoms with Gasteiger partial charge in [0.2, 0.25) is 0 Å². The number of carbonyl (C=O) groups is 1. The Morgan fingerprint density at radius 3 is 2.88 bits per heavy atom. The molecule has 7 nitrogen and oxygen atoms in total. The van der Waals surface area contributed by atoms with E-state index >= 15 is 0 Å². The van der Waals surface area contributed by atoms with Crippen molar-refractivity contribution in [2.24, 2.45) is 7.05 Å². The Bertz CT molecular complexity index is 703. The van der Waals surface area contributed by atoms with Crippen LogP contribution in [-0.4, -0.2) is 48.7 Å². The average molecular weight is 343 g/mol. The van der Waals surface area contributed by atoms with Crippen LogP contribution >= 0.6 is 0 Å². The molecular weight excluding hydrogens is 318 g/mol. The molecule has 1 aromatic carbocycles. The van der Waals surface area contributed by atoms with Crippen LogP contribution in [0.15, 0.2) is 42.6 Å². The molecular formula is C18H25N5O2. The maximum absolute atomic E-state index is 12.5. The number of nitrogens with one attached hydrogen (secondary N) is 3. The molecule has 2 atom stereocenters. The minimum atomic E-state index is -0.227. The number of carbonyl (C=O) groups excluding carboxylic acids is 1. The van der Waals surface area contributed by atoms with Crippen molar-refractivity contribution in [3.63, 3.8) is 0 Å². The number of hydrogen-bond donors (Lipinski definition) is 3. The highest BCUT2D eigenvalue weighted by Gasteiger charge is 2.44. The standard InChI is InChI=1S/C18H25N5O2/c1-23-16(8-10-20-23)22-17(24)21-15-12-19-13-18(15,9-11-25-2)14-6-4-3-5-7-14/h3-8,10,15,19H,9,11-13H2,1-2H3,(H2,21,22,24). The van der Waals surface area contributed by atoms with Crippen LogP contribution in [0.25, 0.3) is 0 Å². The van der Waals surface area contributed by atoms with Crippen molar-refractivity contribution in [3.8, 4) is 0 Å². The van der Waals surface area contributed by atoms with Gasteiger partial charge in [0, 0.05) is 45.3 Å². The van der Waals surface area contributed by atoms with Gasteiger partial charge in [0.1, 0.15) is 5.82 Å². The van der Waals surface area contributed by atoms with Crippen molar-refractivity contribution in [1.29, 1.82) is 0 Å². The molecule has 7 heteroatoms. The van der Waals surface area contributed by atoms with E-state index in [0.29, 0.717) is 12.4 Å². The van der Waals surface area contributed by atoms with E-state index in [1.807, 2.05) is 18.2 Å². The fourth-order valence-electron chi connectivity index (χ4n) is 3.52. The summed E-state index contributed by atoms with van der Waals surface area (Å²) in [5.74, 6) is 0.658. The smallest absolute Gasteiger partial charge is 0.320 e. The Kier molecular flexibility index (Phi) is 5.35. The van der Waals surface area contributed by atoms with E-state index < -0.39 is 0 Å². The number of aromatic nitrogens is 2. The summed E-state index contributed by atoms with van der Waals surface area (Å²) in [5.41, 5.74) is 1.02. The summed E-state index contributed by atoms with van der Waals surface area (Å²) in [6, 6.07) is 11.8. The number of hydrogen-bond acceptors (Lipinski definition) is 4. The third-order valence-electron chi connectivity index (χ3n) is 4.92. The highest BCUT2D eigenvalue weighted by atomic mass is 16.5. The van der Waals surface area contributed by atoms with Gasteiger partial charge in [0.15, 0.2) is 0 Å². The molecule has 1 aliphatic rings. The summed E-state index contributed by atoms with van der Waals surface area (Å²) in [6.45, 7) is 2.16. The molecule has 3 rings (SSSR count). The van der Waals surface area contributed by atoms with Crippen molar-refractivity contribution in [1.82, 2.24) is 20.4 Å². The number of nitrogens with zero attached hydrogens (tertiary/aromatic N) is 2. The van der Waals surface area contributed by atoms with Gasteiger partial charge in [-0.1, -0.05) is 30.3 Å². The summed E-state index contributed by atoms with van der Waals surface area (Å²) in [6.07, 6.45) is 2.48. The number of amides is 2. The van der Waals surface area contributed by atoms with Crippen LogP contribution in [0.2, 0.25) is 0 Å². The highest BCUT2D eigenvalue weighted by Crippen LogP contribution is 2.34. The number of urea groups is 1. The number of anilines is 1. The molecule has 0 aliphatic carbocycles. The Morgan fingerprint density at radius 2 is 2.20 bits per heavy atom. The molecule has 25 heavy (non-hydrogen) atoms. The van der Waals surface area contributed by atoms with E-state index in [2.05, 4.69) is 33.2 Å². The number of benzene rings is 1. The second-order valence-electron chi connectivity index (χ2n) is 6.39. The zero-order chi connectivity index (χ0) is 17.7. The summed E-state index contributed by atoms with van der Waals surface area (Å²) >= 11 is 0. The molecule has 2 unspecified atom stereocenters. The maximum atomic E-state index is 12.5. The molecule has 1 aliphatic heterocycles. The monoisotopic (exact) mass is 343 g/mol. The molecule has 1 saturated heterocycles. The van der Waals surface area contributed by atoms with Gasteiger partial charge in [-0.3, -0.25) is 10.00 Å². The molecule has 1 aromatic heterocycles. The van der Waals surface area contributed by atoms with Crippen LogP contribution < -0.4 is 16.0 Å². The van der Waals surface area contributed by atoms with Gasteiger partial charge >= 0.3 is 6.03 Å². The summed E-state index contributed by atoms with van der Waals surface area (Å²) in [5, 5.41) is 13.5. The SMILES string of the molecule is COCCC1(c2ccccc2)CNCC1NC(=O)Nc1ccnn1C. The second-order valence-corrected chi connectivity index (χ2v) is 6.39. The first-order chi connectivity index (χ1) is 12.2. The van der Waals surface area contributed by atoms with E-state index in [4.69, 9.17) is 4.74 Å². The van der Waals surface area contributed by atoms with Crippen LogP contribution in [0.4, 0.5) is 10.6 Å². The van der Waals surface area contributed by atoms with Crippen LogP contribution in [0.1, 0.15) is 12.0 Å². The minimum absolute atomic E-state index is 0.0294. The van der Waals surface area contributed by atoms with Gasteiger partial charge in [-0.2, -0.15) is 5.10 Å². The lowest BCUT2D eigenvalue weighted by atomic mass is 9.74. The summed E-state index contributed by atoms with van der Waals surface area (Å²) in [7, 11) is 3.50. The van der Waals surface area contributed by atoms with Crippen molar-refractivity contribution in [3.05, 3.63) is 48.2 Å². The topological polar surface area (TPSA) is 80.2 Å². The van der Waals surface area contributed by atoms with Crippen LogP contribution in [0.5, 0.6) is 0 Å². The first-order valence-corrected chi connectivity index (χ1v) is 8.46. The van der Waals surface area contributed by atoms with Gasteiger partial charge < -0.3 is 15.4 Å². The Balaban J connectivity index is 1.78. The summed E-state index contributed by atoms with van der Waals surface area (Å²) < 4.78 is 6.96. The van der Waals surface area contributed by atoms with Gasteiger partial charge in [-0.05, 0) is 12.0 Å². The summed E-state index contributed by atoms with van der Waals surface area (Å²) in [4.78, 5) is 12.5. The molecule has 1 fully saturated rings. The zero-order valence-electron chi connectivity index (χ0n) is 14.7. The number of ether oxygens (including phenoxy) is 1. The molecule has 0 bridgehead atoms. The van der Waals surface area contributed by atoms with Crippen LogP contribution in [0, 0.1) is 0 Å². The van der Waals surface area contributed by atoms with Gasteiger partial charge in [-0.25, -0.2) is 4.79 Å². The first-order valence-electron chi connectivity index (χ1n) is 8.46. The van der Waals surface area contributed by atoms with Crippen LogP contribution in [0.3, 0.4) is 0 Å². The molecule has 134 valence electrons. The predicted octanol–water partition coefficient (Wildman–Crippen LogP) is 1.49. The average Bonchev–Trinajstić information content (AvgIpc) is 3.21. The fourth-order valence-corrected chi connectivity index (χ4v) is 3.52. The quantitative estimate of drug-likeness (QED) is 0.742. The molecule has 2 heterocycles. The third-order valence-corrected chi connectivity index (χ3v) is 4.92. The zero-order valence-corrected chi connectivity index (χ0v) is 14.7. The molecule has 0 spiro atoms. The van der Waals surface area contributed by atoms with Gasteiger partial charge in [0.05, 0.1) is 12.2 Å². The molecule has 2 amide bonds. The van der Waals surface area contributed by atoms with E-state index in [9.17, 15) is 4.79 Å². The number of methoxy groups -OCH3 is 1. The van der Waals surface area contributed by atoms with Gasteiger partial charge in [0.25, 0.3) is 0 Å². The largest absolute Gasteiger partial charge is 0.385 e. The van der Waals surface area contributed by atoms with E-state index in [1.54, 1.807) is 31.1 Å². The highest BCUT2D eigenvalue weighted by molar-refractivity contribution is 5.88. The Morgan fingerprint density at radius 1 is 1.40 bits per heavy atom. The van der Waals surface area contributed by atoms with Crippen molar-refractivity contribution in [2.45, 2.75) is 17.9 Å². The lowest BCUT2D eigenvalue weighted by molar-refractivity contribution is 0.162. The number of aryl methyl sites for hydroxylation is 1. The van der Waals surface area contributed by atoms with E-state index in [1.165, 1.54) is 5.56 Å². The predicted molar refractivity (Wildman–Crippen MR) is 96.6 cm³/mol. The van der Waals surface area contributed by atoms with Crippen molar-refractivity contribution in [2.75, 3.05) is 32.1 Å². The molecule has 0 radical (unpaired) electrons. The lowest BCUT2D eigenvalue weighted by Gasteiger charge is -2.35. The Labute approximate surface area is 147 Å². The fraction of sp³-hybridized carbons (Fsp3) is 0.444. The van der Waals surface area contributed by atoms with Crippen molar-refractivity contribution >= 4 is 11.8 Å². The Hall–Kier alpha value is -2.38. The first kappa shape index (κ1) is 17.4. The minimum Gasteiger partial charge on any atom is -0.385 e. The maximum Gasteiger partial charge on any atom is 0.320 e. The van der Waals surface area contributed by atoms with E-state index in [-0.39, 0.29) is 17.5 Å². The molecule has 2 aromatic rings. The lowest BCUT2D eigenvalue weighted by Crippen LogP contribution is -2.51. The number of rotatable bonds is 6. The molecule has 0 saturated carbocycles. The van der Waals surface area contributed by atoms with Crippen molar-refractivity contribution < 1.29 is 9.53 Å². The second kappa shape index (κ2) is 7.67.